The van der Waals surface area contributed by atoms with Crippen LogP contribution >= 0.6 is 0 Å². The second-order valence-electron chi connectivity index (χ2n) is 6.12. The van der Waals surface area contributed by atoms with Gasteiger partial charge in [-0.15, -0.1) is 0 Å². The maximum atomic E-state index is 12.6. The molecular weight excluding hydrogens is 383 g/mol. The Morgan fingerprint density at radius 2 is 1.97 bits per heavy atom. The van der Waals surface area contributed by atoms with Crippen LogP contribution in [-0.2, 0) is 17.5 Å². The molecule has 0 fully saturated rings. The molecule has 1 heterocycles. The summed E-state index contributed by atoms with van der Waals surface area (Å²) in [6.45, 7) is 1.09. The van der Waals surface area contributed by atoms with E-state index in [2.05, 4.69) is 10.3 Å². The predicted molar refractivity (Wildman–Crippen MR) is 103 cm³/mol. The van der Waals surface area contributed by atoms with E-state index < -0.39 is 17.6 Å². The van der Waals surface area contributed by atoms with E-state index in [-0.39, 0.29) is 0 Å². The van der Waals surface area contributed by atoms with E-state index in [0.29, 0.717) is 30.2 Å². The van der Waals surface area contributed by atoms with Gasteiger partial charge in [0, 0.05) is 30.2 Å². The molecule has 29 heavy (non-hydrogen) atoms. The molecule has 5 nitrogen and oxygen atoms in total. The number of nitrogens with zero attached hydrogens (tertiary/aromatic N) is 2. The number of hydrogen-bond acceptors (Lipinski definition) is 3. The van der Waals surface area contributed by atoms with Gasteiger partial charge in [0.25, 0.3) is 0 Å². The Hall–Kier alpha value is -3.55. The highest BCUT2D eigenvalue weighted by Crippen LogP contribution is 2.29. The number of alkyl halides is 3. The third-order valence-corrected chi connectivity index (χ3v) is 3.94. The van der Waals surface area contributed by atoms with Gasteiger partial charge in [0.15, 0.2) is 0 Å². The van der Waals surface area contributed by atoms with Crippen molar-refractivity contribution >= 4 is 17.7 Å². The average molecular weight is 401 g/mol. The van der Waals surface area contributed by atoms with Crippen molar-refractivity contribution in [3.8, 4) is 5.75 Å². The molecule has 1 amide bonds. The Bertz CT molecular complexity index is 966. The van der Waals surface area contributed by atoms with Gasteiger partial charge in [-0.2, -0.15) is 13.2 Å². The molecule has 2 aromatic carbocycles. The van der Waals surface area contributed by atoms with E-state index in [0.717, 1.165) is 12.1 Å². The lowest BCUT2D eigenvalue weighted by atomic mass is 10.1. The summed E-state index contributed by atoms with van der Waals surface area (Å²) in [7, 11) is 0. The number of benzene rings is 2. The van der Waals surface area contributed by atoms with Gasteiger partial charge in [0.2, 0.25) is 5.91 Å². The van der Waals surface area contributed by atoms with Gasteiger partial charge in [-0.25, -0.2) is 4.98 Å². The van der Waals surface area contributed by atoms with E-state index in [1.165, 1.54) is 24.3 Å². The second-order valence-corrected chi connectivity index (χ2v) is 6.12. The Kier molecular flexibility index (Phi) is 6.33. The summed E-state index contributed by atoms with van der Waals surface area (Å²) in [6.07, 6.45) is 3.54. The van der Waals surface area contributed by atoms with Crippen molar-refractivity contribution in [3.05, 3.63) is 84.5 Å². The molecule has 0 aliphatic rings. The SMILES string of the molecule is O=C(C=Cc1ccc(C(F)(F)F)cc1)Nc1cccc(OCCn2ccnc2)c1. The standard InChI is InChI=1S/C21H18F3N3O2/c22-21(23,24)17-7-4-16(5-8-17)6-9-20(28)26-18-2-1-3-19(14-18)29-13-12-27-11-10-25-15-27/h1-11,14-15H,12-13H2,(H,26,28). The predicted octanol–water partition coefficient (Wildman–Crippen LogP) is 4.63. The minimum atomic E-state index is -4.38. The zero-order chi connectivity index (χ0) is 20.7. The zero-order valence-corrected chi connectivity index (χ0v) is 15.3. The molecule has 3 aromatic rings. The van der Waals surface area contributed by atoms with Crippen LogP contribution in [0.15, 0.2) is 73.3 Å². The topological polar surface area (TPSA) is 56.1 Å². The van der Waals surface area contributed by atoms with Crippen LogP contribution in [0, 0.1) is 0 Å². The Labute approximate surface area is 165 Å². The third kappa shape index (κ3) is 6.24. The minimum absolute atomic E-state index is 0.402. The number of ether oxygens (including phenoxy) is 1. The van der Waals surface area contributed by atoms with E-state index in [4.69, 9.17) is 4.74 Å². The normalized spacial score (nSPS) is 11.6. The molecule has 0 unspecified atom stereocenters. The fraction of sp³-hybridized carbons (Fsp3) is 0.143. The first-order valence-electron chi connectivity index (χ1n) is 8.75. The van der Waals surface area contributed by atoms with Crippen molar-refractivity contribution in [2.24, 2.45) is 0 Å². The smallest absolute Gasteiger partial charge is 0.416 e. The molecule has 0 atom stereocenters. The number of imidazole rings is 1. The van der Waals surface area contributed by atoms with Crippen LogP contribution in [0.3, 0.4) is 0 Å². The summed E-state index contributed by atoms with van der Waals surface area (Å²) < 4.78 is 45.2. The van der Waals surface area contributed by atoms with Crippen molar-refractivity contribution in [2.75, 3.05) is 11.9 Å². The first-order valence-corrected chi connectivity index (χ1v) is 8.75. The fourth-order valence-corrected chi connectivity index (χ4v) is 2.49. The van der Waals surface area contributed by atoms with E-state index in [9.17, 15) is 18.0 Å². The quantitative estimate of drug-likeness (QED) is 0.587. The number of amides is 1. The molecule has 0 bridgehead atoms. The monoisotopic (exact) mass is 401 g/mol. The van der Waals surface area contributed by atoms with Gasteiger partial charge in [0.1, 0.15) is 12.4 Å². The number of nitrogens with one attached hydrogen (secondary N) is 1. The molecule has 0 saturated heterocycles. The Balaban J connectivity index is 1.52. The number of anilines is 1. The van der Waals surface area contributed by atoms with Crippen LogP contribution in [0.25, 0.3) is 6.08 Å². The van der Waals surface area contributed by atoms with Crippen LogP contribution in [-0.4, -0.2) is 22.1 Å². The lowest BCUT2D eigenvalue weighted by Gasteiger charge is -2.09. The number of halogens is 3. The van der Waals surface area contributed by atoms with Gasteiger partial charge in [-0.3, -0.25) is 4.79 Å². The van der Waals surface area contributed by atoms with Gasteiger partial charge in [-0.05, 0) is 35.9 Å². The van der Waals surface area contributed by atoms with Gasteiger partial charge in [-0.1, -0.05) is 18.2 Å². The zero-order valence-electron chi connectivity index (χ0n) is 15.3. The summed E-state index contributed by atoms with van der Waals surface area (Å²) in [4.78, 5) is 16.0. The molecule has 0 radical (unpaired) electrons. The van der Waals surface area contributed by atoms with Crippen molar-refractivity contribution in [2.45, 2.75) is 12.7 Å². The van der Waals surface area contributed by atoms with Crippen LogP contribution in [0.4, 0.5) is 18.9 Å². The summed E-state index contributed by atoms with van der Waals surface area (Å²) >= 11 is 0. The summed E-state index contributed by atoms with van der Waals surface area (Å²) in [5.74, 6) is 0.204. The van der Waals surface area contributed by atoms with E-state index in [1.54, 1.807) is 36.8 Å². The molecule has 150 valence electrons. The number of aromatic nitrogens is 2. The van der Waals surface area contributed by atoms with Crippen molar-refractivity contribution in [3.63, 3.8) is 0 Å². The van der Waals surface area contributed by atoms with E-state index in [1.807, 2.05) is 10.8 Å². The highest BCUT2D eigenvalue weighted by Gasteiger charge is 2.29. The molecule has 1 N–H and O–H groups in total. The molecule has 0 aliphatic heterocycles. The average Bonchev–Trinajstić information content (AvgIpc) is 3.20. The number of rotatable bonds is 7. The molecule has 8 heteroatoms. The minimum Gasteiger partial charge on any atom is -0.492 e. The third-order valence-electron chi connectivity index (χ3n) is 3.94. The van der Waals surface area contributed by atoms with Crippen LogP contribution in [0.5, 0.6) is 5.75 Å². The number of carbonyl (C=O) groups excluding carboxylic acids is 1. The molecule has 0 aliphatic carbocycles. The van der Waals surface area contributed by atoms with Gasteiger partial charge < -0.3 is 14.6 Å². The van der Waals surface area contributed by atoms with Crippen molar-refractivity contribution in [1.82, 2.24) is 9.55 Å². The van der Waals surface area contributed by atoms with Crippen LogP contribution in [0.2, 0.25) is 0 Å². The largest absolute Gasteiger partial charge is 0.492 e. The summed E-state index contributed by atoms with van der Waals surface area (Å²) in [5, 5.41) is 2.69. The highest BCUT2D eigenvalue weighted by atomic mass is 19.4. The molecule has 0 spiro atoms. The summed E-state index contributed by atoms with van der Waals surface area (Å²) in [5.41, 5.74) is 0.306. The first-order chi connectivity index (χ1) is 13.9. The molecule has 0 saturated carbocycles. The Morgan fingerprint density at radius 3 is 2.66 bits per heavy atom. The molecule has 3 rings (SSSR count). The fourth-order valence-electron chi connectivity index (χ4n) is 2.49. The van der Waals surface area contributed by atoms with Gasteiger partial charge in [0.05, 0.1) is 18.4 Å². The maximum Gasteiger partial charge on any atom is 0.416 e. The lowest BCUT2D eigenvalue weighted by Crippen LogP contribution is -2.09. The van der Waals surface area contributed by atoms with E-state index >= 15 is 0 Å². The van der Waals surface area contributed by atoms with Crippen molar-refractivity contribution in [1.29, 1.82) is 0 Å². The number of hydrogen-bond donors (Lipinski definition) is 1. The van der Waals surface area contributed by atoms with Crippen LogP contribution < -0.4 is 10.1 Å². The maximum absolute atomic E-state index is 12.6. The second kappa shape index (κ2) is 9.09. The molecule has 1 aromatic heterocycles. The Morgan fingerprint density at radius 1 is 1.17 bits per heavy atom. The van der Waals surface area contributed by atoms with Crippen molar-refractivity contribution < 1.29 is 22.7 Å². The highest BCUT2D eigenvalue weighted by molar-refractivity contribution is 6.02. The summed E-state index contributed by atoms with van der Waals surface area (Å²) in [6, 6.07) is 11.5. The van der Waals surface area contributed by atoms with Gasteiger partial charge >= 0.3 is 6.18 Å². The van der Waals surface area contributed by atoms with Crippen LogP contribution in [0.1, 0.15) is 11.1 Å². The number of carbonyl (C=O) groups is 1. The first kappa shape index (κ1) is 20.2. The lowest BCUT2D eigenvalue weighted by molar-refractivity contribution is -0.137. The molecular formula is C21H18F3N3O2.